The molecule has 4 nitrogen and oxygen atoms in total. The smallest absolute Gasteiger partial charge is 0.126 e. The molecule has 1 aromatic rings. The van der Waals surface area contributed by atoms with E-state index in [0.717, 1.165) is 11.4 Å². The summed E-state index contributed by atoms with van der Waals surface area (Å²) in [4.78, 5) is 4.16. The molecule has 0 aliphatic carbocycles. The van der Waals surface area contributed by atoms with E-state index in [1.54, 1.807) is 6.20 Å². The maximum atomic E-state index is 9.50. The first-order valence-corrected chi connectivity index (χ1v) is 4.71. The van der Waals surface area contributed by atoms with Gasteiger partial charge in [-0.15, -0.1) is 0 Å². The predicted molar refractivity (Wildman–Crippen MR) is 53.2 cm³/mol. The molecule has 1 aromatic heterocycles. The zero-order chi connectivity index (χ0) is 9.97. The third-order valence-electron chi connectivity index (χ3n) is 2.30. The van der Waals surface area contributed by atoms with Crippen LogP contribution in [0.1, 0.15) is 5.56 Å². The lowest BCUT2D eigenvalue weighted by molar-refractivity contribution is 0.125. The third-order valence-corrected chi connectivity index (χ3v) is 2.30. The number of anilines is 1. The van der Waals surface area contributed by atoms with Gasteiger partial charge >= 0.3 is 0 Å². The first-order chi connectivity index (χ1) is 6.75. The van der Waals surface area contributed by atoms with Crippen LogP contribution in [0.5, 0.6) is 0 Å². The number of hydrogen-bond acceptors (Lipinski definition) is 4. The molecule has 4 heteroatoms. The maximum absolute atomic E-state index is 9.50. The highest BCUT2D eigenvalue weighted by molar-refractivity contribution is 5.38. The minimum absolute atomic E-state index is 0.0377. The number of pyridine rings is 1. The van der Waals surface area contributed by atoms with Gasteiger partial charge in [0, 0.05) is 6.20 Å². The normalized spacial score (nSPS) is 26.4. The van der Waals surface area contributed by atoms with Crippen molar-refractivity contribution in [3.63, 3.8) is 0 Å². The van der Waals surface area contributed by atoms with E-state index < -0.39 is 6.10 Å². The van der Waals surface area contributed by atoms with Crippen LogP contribution in [-0.2, 0) is 4.74 Å². The molecular formula is C10H14N2O2. The van der Waals surface area contributed by atoms with Crippen LogP contribution in [0.3, 0.4) is 0 Å². The summed E-state index contributed by atoms with van der Waals surface area (Å²) >= 11 is 0. The molecular weight excluding hydrogens is 180 g/mol. The summed E-state index contributed by atoms with van der Waals surface area (Å²) in [6, 6.07) is 3.85. The van der Waals surface area contributed by atoms with Crippen LogP contribution in [0.25, 0.3) is 0 Å². The Morgan fingerprint density at radius 2 is 2.43 bits per heavy atom. The van der Waals surface area contributed by atoms with Crippen molar-refractivity contribution in [1.29, 1.82) is 0 Å². The SMILES string of the molecule is Cc1ccnc(NC2COCC2O)c1. The summed E-state index contributed by atoms with van der Waals surface area (Å²) < 4.78 is 5.13. The van der Waals surface area contributed by atoms with E-state index in [-0.39, 0.29) is 6.04 Å². The summed E-state index contributed by atoms with van der Waals surface area (Å²) in [5, 5.41) is 12.6. The van der Waals surface area contributed by atoms with Crippen LogP contribution in [0.15, 0.2) is 18.3 Å². The van der Waals surface area contributed by atoms with Gasteiger partial charge < -0.3 is 15.2 Å². The second-order valence-corrected chi connectivity index (χ2v) is 3.57. The van der Waals surface area contributed by atoms with Crippen molar-refractivity contribution in [3.8, 4) is 0 Å². The molecule has 1 aliphatic heterocycles. The van der Waals surface area contributed by atoms with E-state index >= 15 is 0 Å². The van der Waals surface area contributed by atoms with Crippen molar-refractivity contribution < 1.29 is 9.84 Å². The number of aromatic nitrogens is 1. The highest BCUT2D eigenvalue weighted by atomic mass is 16.5. The molecule has 2 heterocycles. The van der Waals surface area contributed by atoms with Crippen molar-refractivity contribution in [1.82, 2.24) is 4.98 Å². The van der Waals surface area contributed by atoms with E-state index in [1.807, 2.05) is 19.1 Å². The molecule has 0 bridgehead atoms. The van der Waals surface area contributed by atoms with Gasteiger partial charge in [-0.25, -0.2) is 4.98 Å². The number of nitrogens with zero attached hydrogens (tertiary/aromatic N) is 1. The minimum Gasteiger partial charge on any atom is -0.388 e. The van der Waals surface area contributed by atoms with Gasteiger partial charge in [-0.1, -0.05) is 0 Å². The van der Waals surface area contributed by atoms with Crippen LogP contribution in [-0.4, -0.2) is 35.5 Å². The Morgan fingerprint density at radius 3 is 3.07 bits per heavy atom. The van der Waals surface area contributed by atoms with Crippen molar-refractivity contribution in [3.05, 3.63) is 23.9 Å². The van der Waals surface area contributed by atoms with Crippen LogP contribution >= 0.6 is 0 Å². The molecule has 0 aromatic carbocycles. The zero-order valence-electron chi connectivity index (χ0n) is 8.10. The van der Waals surface area contributed by atoms with Crippen LogP contribution in [0, 0.1) is 6.92 Å². The van der Waals surface area contributed by atoms with Gasteiger partial charge in [0.15, 0.2) is 0 Å². The average Bonchev–Trinajstić information content (AvgIpc) is 2.52. The molecule has 0 radical (unpaired) electrons. The Morgan fingerprint density at radius 1 is 1.57 bits per heavy atom. The average molecular weight is 194 g/mol. The van der Waals surface area contributed by atoms with E-state index in [2.05, 4.69) is 10.3 Å². The standard InChI is InChI=1S/C10H14N2O2/c1-7-2-3-11-10(4-7)12-8-5-14-6-9(8)13/h2-4,8-9,13H,5-6H2,1H3,(H,11,12). The second-order valence-electron chi connectivity index (χ2n) is 3.57. The largest absolute Gasteiger partial charge is 0.388 e. The van der Waals surface area contributed by atoms with Crippen molar-refractivity contribution >= 4 is 5.82 Å². The molecule has 2 N–H and O–H groups in total. The van der Waals surface area contributed by atoms with Gasteiger partial charge in [0.25, 0.3) is 0 Å². The van der Waals surface area contributed by atoms with Crippen molar-refractivity contribution in [2.45, 2.75) is 19.1 Å². The van der Waals surface area contributed by atoms with Gasteiger partial charge in [0.05, 0.1) is 25.4 Å². The Bertz CT molecular complexity index is 317. The molecule has 1 saturated heterocycles. The molecule has 0 spiro atoms. The number of aryl methyl sites for hydroxylation is 1. The number of aliphatic hydroxyl groups is 1. The first-order valence-electron chi connectivity index (χ1n) is 4.71. The van der Waals surface area contributed by atoms with E-state index in [9.17, 15) is 5.11 Å². The molecule has 0 amide bonds. The minimum atomic E-state index is -0.433. The predicted octanol–water partition coefficient (Wildman–Crippen LogP) is 0.562. The quantitative estimate of drug-likeness (QED) is 0.722. The van der Waals surface area contributed by atoms with Crippen molar-refractivity contribution in [2.75, 3.05) is 18.5 Å². The molecule has 1 fully saturated rings. The summed E-state index contributed by atoms with van der Waals surface area (Å²) in [5.41, 5.74) is 1.15. The first kappa shape index (κ1) is 9.43. The van der Waals surface area contributed by atoms with E-state index in [1.165, 1.54) is 0 Å². The van der Waals surface area contributed by atoms with Gasteiger partial charge in [-0.05, 0) is 24.6 Å². The summed E-state index contributed by atoms with van der Waals surface area (Å²) in [5.74, 6) is 0.791. The van der Waals surface area contributed by atoms with E-state index in [4.69, 9.17) is 4.74 Å². The molecule has 76 valence electrons. The number of rotatable bonds is 2. The van der Waals surface area contributed by atoms with Crippen LogP contribution in [0.2, 0.25) is 0 Å². The monoisotopic (exact) mass is 194 g/mol. The molecule has 2 atom stereocenters. The number of nitrogens with one attached hydrogen (secondary N) is 1. The number of ether oxygens (including phenoxy) is 1. The highest BCUT2D eigenvalue weighted by Crippen LogP contribution is 2.12. The van der Waals surface area contributed by atoms with Crippen LogP contribution in [0.4, 0.5) is 5.82 Å². The third kappa shape index (κ3) is 2.02. The maximum Gasteiger partial charge on any atom is 0.126 e. The molecule has 2 unspecified atom stereocenters. The van der Waals surface area contributed by atoms with Gasteiger partial charge in [-0.3, -0.25) is 0 Å². The fourth-order valence-corrected chi connectivity index (χ4v) is 1.49. The molecule has 2 rings (SSSR count). The highest BCUT2D eigenvalue weighted by Gasteiger charge is 2.25. The Kier molecular flexibility index (Phi) is 2.65. The lowest BCUT2D eigenvalue weighted by atomic mass is 10.2. The second kappa shape index (κ2) is 3.94. The molecule has 1 aliphatic rings. The van der Waals surface area contributed by atoms with Crippen molar-refractivity contribution in [2.24, 2.45) is 0 Å². The summed E-state index contributed by atoms with van der Waals surface area (Å²) in [6.45, 7) is 2.95. The Labute approximate surface area is 82.9 Å². The fraction of sp³-hybridized carbons (Fsp3) is 0.500. The summed E-state index contributed by atoms with van der Waals surface area (Å²) in [7, 11) is 0. The molecule has 14 heavy (non-hydrogen) atoms. The van der Waals surface area contributed by atoms with Crippen LogP contribution < -0.4 is 5.32 Å². The van der Waals surface area contributed by atoms with E-state index in [0.29, 0.717) is 13.2 Å². The lowest BCUT2D eigenvalue weighted by Gasteiger charge is -2.15. The molecule has 0 saturated carbocycles. The Hall–Kier alpha value is -1.13. The van der Waals surface area contributed by atoms with Gasteiger partial charge in [-0.2, -0.15) is 0 Å². The summed E-state index contributed by atoms with van der Waals surface area (Å²) in [6.07, 6.45) is 1.32. The zero-order valence-corrected chi connectivity index (χ0v) is 8.10. The van der Waals surface area contributed by atoms with Gasteiger partial charge in [0.1, 0.15) is 5.82 Å². The lowest BCUT2D eigenvalue weighted by Crippen LogP contribution is -2.32. The topological polar surface area (TPSA) is 54.4 Å². The fourth-order valence-electron chi connectivity index (χ4n) is 1.49. The Balaban J connectivity index is 2.03. The van der Waals surface area contributed by atoms with Gasteiger partial charge in [0.2, 0.25) is 0 Å². The number of aliphatic hydroxyl groups excluding tert-OH is 1. The number of hydrogen-bond donors (Lipinski definition) is 2.